The number of H-pyrrole nitrogens is 1. The molecule has 14 heteroatoms. The predicted octanol–water partition coefficient (Wildman–Crippen LogP) is 5.70. The van der Waals surface area contributed by atoms with Gasteiger partial charge in [0, 0.05) is 25.7 Å². The van der Waals surface area contributed by atoms with Crippen LogP contribution in [-0.4, -0.2) is 58.8 Å². The molecule has 2 heterocycles. The summed E-state index contributed by atoms with van der Waals surface area (Å²) in [7, 11) is 0. The maximum atomic E-state index is 12.9. The van der Waals surface area contributed by atoms with Crippen molar-refractivity contribution in [2.24, 2.45) is 10.9 Å². The van der Waals surface area contributed by atoms with E-state index in [2.05, 4.69) is 36.2 Å². The van der Waals surface area contributed by atoms with Crippen LogP contribution in [0.25, 0.3) is 0 Å². The number of carbonyl (C=O) groups excluding carboxylic acids is 1. The lowest BCUT2D eigenvalue weighted by Gasteiger charge is -2.29. The zero-order chi connectivity index (χ0) is 31.0. The molecule has 3 rings (SSSR count). The number of Topliss-reactive ketones (excluding diaryl/α,β-unsaturated/α-hetero) is 1. The van der Waals surface area contributed by atoms with Crippen molar-refractivity contribution in [3.63, 3.8) is 0 Å². The van der Waals surface area contributed by atoms with E-state index in [1.807, 2.05) is 10.00 Å². The molecule has 2 aliphatic rings. The van der Waals surface area contributed by atoms with Crippen molar-refractivity contribution in [3.05, 3.63) is 38.9 Å². The number of ketones is 1. The first-order chi connectivity index (χ1) is 19.1. The van der Waals surface area contributed by atoms with E-state index in [4.69, 9.17) is 4.74 Å². The van der Waals surface area contributed by atoms with Crippen molar-refractivity contribution in [2.75, 3.05) is 19.6 Å². The monoisotopic (exact) mass is 595 g/mol. The van der Waals surface area contributed by atoms with Crippen LogP contribution in [0.15, 0.2) is 21.6 Å². The van der Waals surface area contributed by atoms with E-state index in [1.54, 1.807) is 6.92 Å². The van der Waals surface area contributed by atoms with Gasteiger partial charge in [-0.15, -0.1) is 0 Å². The van der Waals surface area contributed by atoms with E-state index in [9.17, 15) is 35.9 Å². The second kappa shape index (κ2) is 14.8. The Morgan fingerprint density at radius 2 is 1.83 bits per heavy atom. The standard InChI is InChI=1S/C14H24F3N3.C13H15F3N2O3/c1-4-7-20(8-6-11(3)5-2)13-18-9-12(10-19-13)14(15,16)17;1-6(19)5-7(2)21-9-4-3-8-10(13(14,15)16)12(20)18-17-11(8)9/h9,11H,4-8,10H2,1-3H3,(H,18,19);7,9H,3-5H2,1-2H3,(H,18,20). The largest absolute Gasteiger partial charge is 0.422 e. The molecule has 1 aromatic heterocycles. The van der Waals surface area contributed by atoms with Crippen molar-refractivity contribution in [1.82, 2.24) is 20.4 Å². The highest BCUT2D eigenvalue weighted by atomic mass is 19.4. The normalized spacial score (nSPS) is 18.3. The molecule has 0 aromatic carbocycles. The number of nitrogens with zero attached hydrogens (tertiary/aromatic N) is 3. The summed E-state index contributed by atoms with van der Waals surface area (Å²) in [5.74, 6) is 1.11. The van der Waals surface area contributed by atoms with Gasteiger partial charge in [-0.3, -0.25) is 9.59 Å². The Balaban J connectivity index is 0.000000287. The Morgan fingerprint density at radius 3 is 2.34 bits per heavy atom. The number of aromatic amines is 1. The number of halogens is 6. The number of rotatable bonds is 10. The highest BCUT2D eigenvalue weighted by Gasteiger charge is 2.42. The van der Waals surface area contributed by atoms with E-state index in [1.165, 1.54) is 6.92 Å². The van der Waals surface area contributed by atoms with E-state index in [0.717, 1.165) is 38.6 Å². The summed E-state index contributed by atoms with van der Waals surface area (Å²) >= 11 is 0. The predicted molar refractivity (Wildman–Crippen MR) is 142 cm³/mol. The number of carbonyl (C=O) groups is 1. The van der Waals surface area contributed by atoms with Gasteiger partial charge in [-0.1, -0.05) is 27.2 Å². The maximum absolute atomic E-state index is 12.9. The minimum Gasteiger partial charge on any atom is -0.368 e. The van der Waals surface area contributed by atoms with Crippen molar-refractivity contribution < 1.29 is 35.9 Å². The van der Waals surface area contributed by atoms with Gasteiger partial charge in [0.05, 0.1) is 23.9 Å². The van der Waals surface area contributed by atoms with Gasteiger partial charge >= 0.3 is 12.4 Å². The average Bonchev–Trinajstić information content (AvgIpc) is 3.26. The number of fused-ring (bicyclic) bond motifs is 1. The lowest BCUT2D eigenvalue weighted by molar-refractivity contribution is -0.139. The second-order valence-corrected chi connectivity index (χ2v) is 10.4. The second-order valence-electron chi connectivity index (χ2n) is 10.4. The molecule has 2 N–H and O–H groups in total. The molecular weight excluding hydrogens is 556 g/mol. The first-order valence-electron chi connectivity index (χ1n) is 13.7. The molecule has 0 radical (unpaired) electrons. The minimum absolute atomic E-state index is 0.0638. The number of ether oxygens (including phenoxy) is 1. The number of guanidine groups is 1. The number of aliphatic imine (C=N–C) groups is 1. The van der Waals surface area contributed by atoms with Crippen LogP contribution in [0.4, 0.5) is 26.3 Å². The molecular formula is C27H39F6N5O3. The van der Waals surface area contributed by atoms with Gasteiger partial charge in [-0.05, 0) is 51.0 Å². The third-order valence-corrected chi connectivity index (χ3v) is 6.85. The van der Waals surface area contributed by atoms with Gasteiger partial charge in [-0.25, -0.2) is 10.1 Å². The maximum Gasteiger partial charge on any atom is 0.422 e. The molecule has 0 saturated heterocycles. The van der Waals surface area contributed by atoms with Crippen LogP contribution in [-0.2, 0) is 22.1 Å². The zero-order valence-electron chi connectivity index (χ0n) is 24.0. The summed E-state index contributed by atoms with van der Waals surface area (Å²) in [4.78, 5) is 28.5. The van der Waals surface area contributed by atoms with Crippen LogP contribution in [0.1, 0.15) is 89.6 Å². The molecule has 0 saturated carbocycles. The third kappa shape index (κ3) is 10.2. The van der Waals surface area contributed by atoms with Crippen LogP contribution in [0, 0.1) is 5.92 Å². The van der Waals surface area contributed by atoms with Crippen molar-refractivity contribution in [3.8, 4) is 0 Å². The quantitative estimate of drug-likeness (QED) is 0.337. The summed E-state index contributed by atoms with van der Waals surface area (Å²) in [5, 5.41) is 8.27. The smallest absolute Gasteiger partial charge is 0.368 e. The highest BCUT2D eigenvalue weighted by molar-refractivity contribution is 5.82. The van der Waals surface area contributed by atoms with E-state index < -0.39 is 41.3 Å². The van der Waals surface area contributed by atoms with E-state index >= 15 is 0 Å². The topological polar surface area (TPSA) is 99.7 Å². The van der Waals surface area contributed by atoms with Gasteiger partial charge in [-0.2, -0.15) is 31.4 Å². The Bertz CT molecular complexity index is 1150. The summed E-state index contributed by atoms with van der Waals surface area (Å²) in [6.45, 7) is 10.8. The van der Waals surface area contributed by atoms with Crippen LogP contribution in [0.3, 0.4) is 0 Å². The Kier molecular flexibility index (Phi) is 12.4. The molecule has 3 unspecified atom stereocenters. The third-order valence-electron chi connectivity index (χ3n) is 6.85. The lowest BCUT2D eigenvalue weighted by Crippen LogP contribution is -2.43. The van der Waals surface area contributed by atoms with Gasteiger partial charge in [0.15, 0.2) is 5.96 Å². The average molecular weight is 596 g/mol. The molecule has 1 aliphatic heterocycles. The van der Waals surface area contributed by atoms with Crippen molar-refractivity contribution in [2.45, 2.75) is 97.7 Å². The van der Waals surface area contributed by atoms with Gasteiger partial charge in [0.1, 0.15) is 17.5 Å². The number of aromatic nitrogens is 2. The molecule has 3 atom stereocenters. The van der Waals surface area contributed by atoms with Crippen LogP contribution >= 0.6 is 0 Å². The molecule has 0 fully saturated rings. The summed E-state index contributed by atoms with van der Waals surface area (Å²) in [5.41, 5.74) is -3.06. The molecule has 0 bridgehead atoms. The van der Waals surface area contributed by atoms with Crippen molar-refractivity contribution in [1.29, 1.82) is 0 Å². The molecule has 0 amide bonds. The Hall–Kier alpha value is -2.90. The summed E-state index contributed by atoms with van der Waals surface area (Å²) in [6, 6.07) is 0. The number of alkyl halides is 6. The zero-order valence-corrected chi connectivity index (χ0v) is 24.0. The van der Waals surface area contributed by atoms with Crippen molar-refractivity contribution >= 4 is 11.7 Å². The number of nitrogens with one attached hydrogen (secondary N) is 2. The Labute approximate surface area is 235 Å². The number of hydrogen-bond donors (Lipinski definition) is 2. The molecule has 232 valence electrons. The highest BCUT2D eigenvalue weighted by Crippen LogP contribution is 2.39. The van der Waals surface area contributed by atoms with Gasteiger partial charge < -0.3 is 15.0 Å². The fourth-order valence-corrected chi connectivity index (χ4v) is 4.54. The fraction of sp³-hybridized carbons (Fsp3) is 0.704. The van der Waals surface area contributed by atoms with Gasteiger partial charge in [0.2, 0.25) is 0 Å². The first kappa shape index (κ1) is 34.3. The number of hydrogen-bond acceptors (Lipinski definition) is 7. The molecule has 8 nitrogen and oxygen atoms in total. The lowest BCUT2D eigenvalue weighted by atomic mass is 10.1. The van der Waals surface area contributed by atoms with Crippen LogP contribution < -0.4 is 10.9 Å². The fourth-order valence-electron chi connectivity index (χ4n) is 4.54. The summed E-state index contributed by atoms with van der Waals surface area (Å²) < 4.78 is 82.0. The van der Waals surface area contributed by atoms with Gasteiger partial charge in [0.25, 0.3) is 5.56 Å². The molecule has 1 aromatic rings. The molecule has 0 spiro atoms. The first-order valence-corrected chi connectivity index (χ1v) is 13.7. The summed E-state index contributed by atoms with van der Waals surface area (Å²) in [6.07, 6.45) is -5.38. The minimum atomic E-state index is -4.72. The molecule has 41 heavy (non-hydrogen) atoms. The van der Waals surface area contributed by atoms with E-state index in [0.29, 0.717) is 18.3 Å². The van der Waals surface area contributed by atoms with Crippen LogP contribution in [0.2, 0.25) is 0 Å². The van der Waals surface area contributed by atoms with E-state index in [-0.39, 0.29) is 36.4 Å². The van der Waals surface area contributed by atoms with Crippen LogP contribution in [0.5, 0.6) is 0 Å². The SMILES string of the molecule is CC(=O)CC(C)OC1CCc2c1n[nH]c(=O)c2C(F)(F)F.CCCN(CCC(C)CC)C1=NCC(C(F)(F)F)=CN1. The Morgan fingerprint density at radius 1 is 1.15 bits per heavy atom. The molecule has 1 aliphatic carbocycles.